The van der Waals surface area contributed by atoms with Crippen molar-refractivity contribution >= 4 is 17.2 Å². The molecule has 2 rings (SSSR count). The molecule has 2 aromatic rings. The Balaban J connectivity index is 2.01. The molecule has 5 nitrogen and oxygen atoms in total. The van der Waals surface area contributed by atoms with Crippen LogP contribution < -0.4 is 10.1 Å². The molecule has 0 fully saturated rings. The summed E-state index contributed by atoms with van der Waals surface area (Å²) in [6.45, 7) is 7.46. The van der Waals surface area contributed by atoms with Crippen molar-refractivity contribution in [2.45, 2.75) is 45.9 Å². The summed E-state index contributed by atoms with van der Waals surface area (Å²) in [6, 6.07) is 7.07. The first-order valence-electron chi connectivity index (χ1n) is 7.43. The van der Waals surface area contributed by atoms with Gasteiger partial charge in [0.15, 0.2) is 6.10 Å². The lowest BCUT2D eigenvalue weighted by atomic mass is 10.1. The molecule has 0 saturated heterocycles. The number of nitrogens with zero attached hydrogens (tertiary/aromatic N) is 1. The first kappa shape index (κ1) is 17.4. The van der Waals surface area contributed by atoms with E-state index in [9.17, 15) is 4.79 Å². The smallest absolute Gasteiger partial charge is 0.261 e. The molecule has 1 aromatic heterocycles. The summed E-state index contributed by atoms with van der Waals surface area (Å²) in [5.41, 5.74) is 0.189. The molecule has 124 valence electrons. The maximum Gasteiger partial charge on any atom is 0.261 e. The molecule has 1 atom stereocenters. The summed E-state index contributed by atoms with van der Waals surface area (Å²) < 4.78 is 5.67. The highest BCUT2D eigenvalue weighted by molar-refractivity contribution is 7.11. The predicted molar refractivity (Wildman–Crippen MR) is 90.5 cm³/mol. The number of carbonyl (C=O) groups excluding carboxylic acids is 1. The van der Waals surface area contributed by atoms with Crippen molar-refractivity contribution in [1.29, 1.82) is 0 Å². The van der Waals surface area contributed by atoms with Gasteiger partial charge < -0.3 is 15.2 Å². The number of amides is 1. The second-order valence-corrected chi connectivity index (χ2v) is 7.19. The SMILES string of the molecule is Cc1cnc(C(C)(C)NC(=O)C(C)Oc2cccc(CO)c2)s1. The molecule has 0 aliphatic carbocycles. The minimum absolute atomic E-state index is 0.0613. The second-order valence-electron chi connectivity index (χ2n) is 5.96. The van der Waals surface area contributed by atoms with Gasteiger partial charge in [-0.25, -0.2) is 4.98 Å². The fourth-order valence-corrected chi connectivity index (χ4v) is 2.90. The van der Waals surface area contributed by atoms with Crippen LogP contribution in [-0.2, 0) is 16.9 Å². The minimum atomic E-state index is -0.649. The zero-order chi connectivity index (χ0) is 17.0. The van der Waals surface area contributed by atoms with Crippen molar-refractivity contribution in [1.82, 2.24) is 10.3 Å². The number of benzene rings is 1. The molecule has 2 N–H and O–H groups in total. The highest BCUT2D eigenvalue weighted by atomic mass is 32.1. The molecule has 1 heterocycles. The number of aromatic nitrogens is 1. The quantitative estimate of drug-likeness (QED) is 0.852. The van der Waals surface area contributed by atoms with Gasteiger partial charge in [-0.1, -0.05) is 12.1 Å². The van der Waals surface area contributed by atoms with Crippen molar-refractivity contribution in [2.75, 3.05) is 0 Å². The van der Waals surface area contributed by atoms with E-state index in [-0.39, 0.29) is 12.5 Å². The molecule has 6 heteroatoms. The maximum absolute atomic E-state index is 12.4. The number of rotatable bonds is 6. The van der Waals surface area contributed by atoms with Crippen LogP contribution in [0.1, 0.15) is 36.2 Å². The Morgan fingerprint density at radius 2 is 2.22 bits per heavy atom. The van der Waals surface area contributed by atoms with Gasteiger partial charge in [-0.3, -0.25) is 4.79 Å². The van der Waals surface area contributed by atoms with E-state index < -0.39 is 11.6 Å². The molecule has 1 aromatic carbocycles. The average Bonchev–Trinajstić information content (AvgIpc) is 2.94. The largest absolute Gasteiger partial charge is 0.481 e. The van der Waals surface area contributed by atoms with E-state index in [2.05, 4.69) is 10.3 Å². The van der Waals surface area contributed by atoms with E-state index in [1.807, 2.05) is 20.8 Å². The van der Waals surface area contributed by atoms with Crippen LogP contribution in [0.3, 0.4) is 0 Å². The van der Waals surface area contributed by atoms with E-state index in [1.54, 1.807) is 48.7 Å². The number of aliphatic hydroxyl groups is 1. The Morgan fingerprint density at radius 1 is 1.48 bits per heavy atom. The molecule has 0 radical (unpaired) electrons. The zero-order valence-corrected chi connectivity index (χ0v) is 14.6. The maximum atomic E-state index is 12.4. The van der Waals surface area contributed by atoms with Crippen molar-refractivity contribution < 1.29 is 14.6 Å². The molecule has 0 spiro atoms. The van der Waals surface area contributed by atoms with Crippen LogP contribution >= 0.6 is 11.3 Å². The Bertz CT molecular complexity index is 682. The van der Waals surface area contributed by atoms with Crippen LogP contribution in [0.2, 0.25) is 0 Å². The Labute approximate surface area is 140 Å². The molecular formula is C17H22N2O3S. The Kier molecular flexibility index (Phi) is 5.38. The lowest BCUT2D eigenvalue weighted by molar-refractivity contribution is -0.129. The van der Waals surface area contributed by atoms with E-state index in [1.165, 1.54) is 0 Å². The van der Waals surface area contributed by atoms with E-state index in [4.69, 9.17) is 9.84 Å². The number of hydrogen-bond donors (Lipinski definition) is 2. The summed E-state index contributed by atoms with van der Waals surface area (Å²) in [5, 5.41) is 13.0. The van der Waals surface area contributed by atoms with Crippen LogP contribution in [0.4, 0.5) is 0 Å². The van der Waals surface area contributed by atoms with Crippen LogP contribution in [0.5, 0.6) is 5.75 Å². The van der Waals surface area contributed by atoms with Gasteiger partial charge in [-0.15, -0.1) is 11.3 Å². The minimum Gasteiger partial charge on any atom is -0.481 e. The molecular weight excluding hydrogens is 312 g/mol. The number of aryl methyl sites for hydroxylation is 1. The van der Waals surface area contributed by atoms with Crippen molar-refractivity contribution in [3.05, 3.63) is 45.9 Å². The van der Waals surface area contributed by atoms with Crippen LogP contribution in [-0.4, -0.2) is 22.1 Å². The third-order valence-corrected chi connectivity index (χ3v) is 4.59. The summed E-state index contributed by atoms with van der Waals surface area (Å²) in [7, 11) is 0. The standard InChI is InChI=1S/C17H22N2O3S/c1-11-9-18-16(23-11)17(3,4)19-15(21)12(2)22-14-7-5-6-13(8-14)10-20/h5-9,12,20H,10H2,1-4H3,(H,19,21). The summed E-state index contributed by atoms with van der Waals surface area (Å²) in [4.78, 5) is 17.8. The van der Waals surface area contributed by atoms with Crippen LogP contribution in [0.15, 0.2) is 30.5 Å². The number of hydrogen-bond acceptors (Lipinski definition) is 5. The fraction of sp³-hybridized carbons (Fsp3) is 0.412. The zero-order valence-electron chi connectivity index (χ0n) is 13.8. The summed E-state index contributed by atoms with van der Waals surface area (Å²) in [6.07, 6.45) is 1.15. The van der Waals surface area contributed by atoms with Crippen LogP contribution in [0.25, 0.3) is 0 Å². The van der Waals surface area contributed by atoms with Gasteiger partial charge in [0.05, 0.1) is 12.1 Å². The van der Waals surface area contributed by atoms with Gasteiger partial charge in [0.1, 0.15) is 10.8 Å². The number of nitrogens with one attached hydrogen (secondary N) is 1. The fourth-order valence-electron chi connectivity index (χ4n) is 2.08. The topological polar surface area (TPSA) is 71.5 Å². The molecule has 1 unspecified atom stereocenters. The monoisotopic (exact) mass is 334 g/mol. The number of thiazole rings is 1. The highest BCUT2D eigenvalue weighted by Gasteiger charge is 2.28. The highest BCUT2D eigenvalue weighted by Crippen LogP contribution is 2.25. The summed E-state index contributed by atoms with van der Waals surface area (Å²) >= 11 is 1.56. The number of carbonyl (C=O) groups is 1. The van der Waals surface area contributed by atoms with Gasteiger partial charge in [0.25, 0.3) is 5.91 Å². The molecule has 0 saturated carbocycles. The Hall–Kier alpha value is -1.92. The van der Waals surface area contributed by atoms with E-state index in [0.29, 0.717) is 5.75 Å². The normalized spacial score (nSPS) is 12.7. The predicted octanol–water partition coefficient (Wildman–Crippen LogP) is 2.76. The lowest BCUT2D eigenvalue weighted by Gasteiger charge is -2.26. The van der Waals surface area contributed by atoms with Crippen molar-refractivity contribution in [2.24, 2.45) is 0 Å². The average molecular weight is 334 g/mol. The number of ether oxygens (including phenoxy) is 1. The Morgan fingerprint density at radius 3 is 2.83 bits per heavy atom. The van der Waals surface area contributed by atoms with Gasteiger partial charge >= 0.3 is 0 Å². The summed E-state index contributed by atoms with van der Waals surface area (Å²) in [5.74, 6) is 0.347. The first-order valence-corrected chi connectivity index (χ1v) is 8.25. The van der Waals surface area contributed by atoms with Crippen molar-refractivity contribution in [3.8, 4) is 5.75 Å². The van der Waals surface area contributed by atoms with Gasteiger partial charge in [-0.2, -0.15) is 0 Å². The molecule has 0 aliphatic heterocycles. The molecule has 0 aliphatic rings. The first-order chi connectivity index (χ1) is 10.8. The van der Waals surface area contributed by atoms with Gasteiger partial charge in [0.2, 0.25) is 0 Å². The van der Waals surface area contributed by atoms with Gasteiger partial charge in [0, 0.05) is 11.1 Å². The van der Waals surface area contributed by atoms with Crippen molar-refractivity contribution in [3.63, 3.8) is 0 Å². The molecule has 23 heavy (non-hydrogen) atoms. The second kappa shape index (κ2) is 7.10. The van der Waals surface area contributed by atoms with E-state index in [0.717, 1.165) is 15.4 Å². The third kappa shape index (κ3) is 4.53. The van der Waals surface area contributed by atoms with E-state index >= 15 is 0 Å². The van der Waals surface area contributed by atoms with Gasteiger partial charge in [-0.05, 0) is 45.4 Å². The molecule has 0 bridgehead atoms. The molecule has 1 amide bonds. The lowest BCUT2D eigenvalue weighted by Crippen LogP contribution is -2.46. The number of aliphatic hydroxyl groups excluding tert-OH is 1. The third-order valence-electron chi connectivity index (χ3n) is 3.35. The van der Waals surface area contributed by atoms with Crippen LogP contribution in [0, 0.1) is 6.92 Å².